The molecule has 1 saturated heterocycles. The fourth-order valence-corrected chi connectivity index (χ4v) is 4.03. The maximum absolute atomic E-state index is 5.63. The van der Waals surface area contributed by atoms with E-state index in [1.807, 2.05) is 30.9 Å². The minimum absolute atomic E-state index is 0.260. The minimum atomic E-state index is 0.260. The molecule has 1 N–H and O–H groups in total. The van der Waals surface area contributed by atoms with Crippen molar-refractivity contribution in [2.75, 3.05) is 24.7 Å². The number of H-pyrrole nitrogens is 1. The van der Waals surface area contributed by atoms with Gasteiger partial charge in [-0.15, -0.1) is 0 Å². The number of aromatic amines is 1. The predicted molar refractivity (Wildman–Crippen MR) is 114 cm³/mol. The highest BCUT2D eigenvalue weighted by molar-refractivity contribution is 5.93. The number of aryl methyl sites for hydroxylation is 2. The zero-order chi connectivity index (χ0) is 20.0. The fourth-order valence-electron chi connectivity index (χ4n) is 4.03. The molecule has 1 atom stereocenters. The topological polar surface area (TPSA) is 71.9 Å². The number of morpholine rings is 1. The molecule has 1 fully saturated rings. The molecule has 4 aromatic rings. The zero-order valence-electron chi connectivity index (χ0n) is 16.9. The molecule has 7 heteroatoms. The standard InChI is InChI=1S/C22H24N6O/c1-14-11-20(27(3)26-14)19-12-21(28-9-10-29-13-15(28)2)25-22(24-19)17-5-4-6-18-16(17)7-8-23-18/h4-8,11-12,15,23H,9-10,13H2,1-3H3/t15-/m1/s1. The molecule has 4 heterocycles. The molecule has 0 aliphatic carbocycles. The molecule has 1 aromatic carbocycles. The van der Waals surface area contributed by atoms with Crippen LogP contribution in [-0.2, 0) is 11.8 Å². The summed E-state index contributed by atoms with van der Waals surface area (Å²) in [5.74, 6) is 1.65. The van der Waals surface area contributed by atoms with Gasteiger partial charge in [0.2, 0.25) is 0 Å². The van der Waals surface area contributed by atoms with Gasteiger partial charge in [0.05, 0.1) is 36.3 Å². The van der Waals surface area contributed by atoms with Crippen LogP contribution >= 0.6 is 0 Å². The third-order valence-electron chi connectivity index (χ3n) is 5.47. The summed E-state index contributed by atoms with van der Waals surface area (Å²) in [6, 6.07) is 12.7. The fraction of sp³-hybridized carbons (Fsp3) is 0.318. The van der Waals surface area contributed by atoms with Gasteiger partial charge in [0.1, 0.15) is 5.82 Å². The molecule has 1 aliphatic rings. The molecule has 5 rings (SSSR count). The number of fused-ring (bicyclic) bond motifs is 1. The summed E-state index contributed by atoms with van der Waals surface area (Å²) in [5.41, 5.74) is 4.92. The van der Waals surface area contributed by atoms with Crippen LogP contribution in [0.15, 0.2) is 42.6 Å². The van der Waals surface area contributed by atoms with Crippen LogP contribution in [0.5, 0.6) is 0 Å². The van der Waals surface area contributed by atoms with Crippen LogP contribution in [0.2, 0.25) is 0 Å². The minimum Gasteiger partial charge on any atom is -0.377 e. The predicted octanol–water partition coefficient (Wildman–Crippen LogP) is 3.56. The molecule has 0 amide bonds. The number of hydrogen-bond donors (Lipinski definition) is 1. The van der Waals surface area contributed by atoms with E-state index in [4.69, 9.17) is 14.7 Å². The molecule has 148 valence electrons. The first kappa shape index (κ1) is 17.9. The van der Waals surface area contributed by atoms with E-state index in [0.717, 1.165) is 51.7 Å². The first-order valence-corrected chi connectivity index (χ1v) is 9.91. The normalized spacial score (nSPS) is 17.2. The van der Waals surface area contributed by atoms with E-state index in [1.54, 1.807) is 0 Å². The highest BCUT2D eigenvalue weighted by Crippen LogP contribution is 2.31. The molecule has 0 saturated carbocycles. The van der Waals surface area contributed by atoms with Crippen molar-refractivity contribution in [3.8, 4) is 22.8 Å². The molecular weight excluding hydrogens is 364 g/mol. The lowest BCUT2D eigenvalue weighted by Crippen LogP contribution is -2.44. The number of anilines is 1. The summed E-state index contributed by atoms with van der Waals surface area (Å²) >= 11 is 0. The van der Waals surface area contributed by atoms with Gasteiger partial charge in [-0.1, -0.05) is 12.1 Å². The van der Waals surface area contributed by atoms with E-state index in [0.29, 0.717) is 13.2 Å². The Labute approximate surface area is 169 Å². The Kier molecular flexibility index (Phi) is 4.32. The maximum Gasteiger partial charge on any atom is 0.162 e. The van der Waals surface area contributed by atoms with Gasteiger partial charge < -0.3 is 14.6 Å². The van der Waals surface area contributed by atoms with Crippen molar-refractivity contribution in [3.63, 3.8) is 0 Å². The van der Waals surface area contributed by atoms with Gasteiger partial charge in [0.15, 0.2) is 5.82 Å². The van der Waals surface area contributed by atoms with Crippen LogP contribution in [-0.4, -0.2) is 50.5 Å². The number of benzene rings is 1. The van der Waals surface area contributed by atoms with Crippen LogP contribution in [0.25, 0.3) is 33.7 Å². The average Bonchev–Trinajstić information content (AvgIpc) is 3.33. The molecular formula is C22H24N6O. The Balaban J connectivity index is 1.72. The van der Waals surface area contributed by atoms with Crippen LogP contribution in [0.4, 0.5) is 5.82 Å². The molecule has 0 spiro atoms. The van der Waals surface area contributed by atoms with Gasteiger partial charge in [-0.05, 0) is 32.0 Å². The van der Waals surface area contributed by atoms with E-state index >= 15 is 0 Å². The largest absolute Gasteiger partial charge is 0.377 e. The van der Waals surface area contributed by atoms with Crippen LogP contribution in [0.1, 0.15) is 12.6 Å². The van der Waals surface area contributed by atoms with Crippen molar-refractivity contribution >= 4 is 16.7 Å². The Hall–Kier alpha value is -3.19. The van der Waals surface area contributed by atoms with Crippen LogP contribution < -0.4 is 4.90 Å². The van der Waals surface area contributed by atoms with Crippen LogP contribution in [0, 0.1) is 6.92 Å². The first-order valence-electron chi connectivity index (χ1n) is 9.91. The van der Waals surface area contributed by atoms with E-state index in [-0.39, 0.29) is 6.04 Å². The summed E-state index contributed by atoms with van der Waals surface area (Å²) in [5, 5.41) is 5.62. The third-order valence-corrected chi connectivity index (χ3v) is 5.47. The second kappa shape index (κ2) is 7.00. The van der Waals surface area contributed by atoms with E-state index in [1.165, 1.54) is 0 Å². The molecule has 1 aliphatic heterocycles. The lowest BCUT2D eigenvalue weighted by Gasteiger charge is -2.34. The summed E-state index contributed by atoms with van der Waals surface area (Å²) in [6.45, 7) is 6.39. The van der Waals surface area contributed by atoms with Crippen molar-refractivity contribution in [3.05, 3.63) is 48.3 Å². The Morgan fingerprint density at radius 1 is 1.17 bits per heavy atom. The lowest BCUT2D eigenvalue weighted by molar-refractivity contribution is 0.0985. The van der Waals surface area contributed by atoms with E-state index < -0.39 is 0 Å². The van der Waals surface area contributed by atoms with E-state index in [9.17, 15) is 0 Å². The molecule has 3 aromatic heterocycles. The summed E-state index contributed by atoms with van der Waals surface area (Å²) in [4.78, 5) is 15.5. The number of nitrogens with zero attached hydrogens (tertiary/aromatic N) is 5. The summed E-state index contributed by atoms with van der Waals surface area (Å²) in [6.07, 6.45) is 1.95. The Morgan fingerprint density at radius 3 is 2.86 bits per heavy atom. The second-order valence-electron chi connectivity index (χ2n) is 7.59. The van der Waals surface area contributed by atoms with E-state index in [2.05, 4.69) is 52.2 Å². The monoisotopic (exact) mass is 388 g/mol. The number of nitrogens with one attached hydrogen (secondary N) is 1. The van der Waals surface area contributed by atoms with Gasteiger partial charge in [0.25, 0.3) is 0 Å². The number of rotatable bonds is 3. The molecule has 0 radical (unpaired) electrons. The van der Waals surface area contributed by atoms with Crippen LogP contribution in [0.3, 0.4) is 0 Å². The summed E-state index contributed by atoms with van der Waals surface area (Å²) < 4.78 is 7.51. The smallest absolute Gasteiger partial charge is 0.162 e. The van der Waals surface area contributed by atoms with Crippen molar-refractivity contribution < 1.29 is 4.74 Å². The molecule has 0 bridgehead atoms. The van der Waals surface area contributed by atoms with Crippen molar-refractivity contribution in [2.45, 2.75) is 19.9 Å². The molecule has 0 unspecified atom stereocenters. The van der Waals surface area contributed by atoms with Crippen molar-refractivity contribution in [1.82, 2.24) is 24.7 Å². The number of aromatic nitrogens is 5. The molecule has 29 heavy (non-hydrogen) atoms. The van der Waals surface area contributed by atoms with Gasteiger partial charge in [0, 0.05) is 42.3 Å². The van der Waals surface area contributed by atoms with Gasteiger partial charge >= 0.3 is 0 Å². The Morgan fingerprint density at radius 2 is 2.07 bits per heavy atom. The van der Waals surface area contributed by atoms with Crippen molar-refractivity contribution in [2.24, 2.45) is 7.05 Å². The molecule has 7 nitrogen and oxygen atoms in total. The quantitative estimate of drug-likeness (QED) is 0.581. The van der Waals surface area contributed by atoms with Gasteiger partial charge in [-0.25, -0.2) is 9.97 Å². The third kappa shape index (κ3) is 3.17. The highest BCUT2D eigenvalue weighted by atomic mass is 16.5. The average molecular weight is 388 g/mol. The van der Waals surface area contributed by atoms with Gasteiger partial charge in [-0.2, -0.15) is 5.10 Å². The zero-order valence-corrected chi connectivity index (χ0v) is 16.9. The first-order chi connectivity index (χ1) is 14.1. The van der Waals surface area contributed by atoms with Crippen molar-refractivity contribution in [1.29, 1.82) is 0 Å². The summed E-state index contributed by atoms with van der Waals surface area (Å²) in [7, 11) is 1.95. The Bertz CT molecular complexity index is 1180. The number of ether oxygens (including phenoxy) is 1. The SMILES string of the molecule is Cc1cc(-c2cc(N3CCOC[C@H]3C)nc(-c3cccc4[nH]ccc34)n2)n(C)n1. The number of hydrogen-bond acceptors (Lipinski definition) is 5. The van der Waals surface area contributed by atoms with Gasteiger partial charge in [-0.3, -0.25) is 4.68 Å². The second-order valence-corrected chi connectivity index (χ2v) is 7.59. The lowest BCUT2D eigenvalue weighted by atomic mass is 10.1. The highest BCUT2D eigenvalue weighted by Gasteiger charge is 2.23. The maximum atomic E-state index is 5.63.